The zero-order valence-corrected chi connectivity index (χ0v) is 11.7. The van der Waals surface area contributed by atoms with Crippen molar-refractivity contribution in [2.24, 2.45) is 0 Å². The van der Waals surface area contributed by atoms with Crippen LogP contribution >= 0.6 is 0 Å². The van der Waals surface area contributed by atoms with E-state index in [1.54, 1.807) is 13.0 Å². The maximum atomic E-state index is 13.7. The van der Waals surface area contributed by atoms with Gasteiger partial charge in [-0.15, -0.1) is 0 Å². The molecule has 0 aliphatic carbocycles. The summed E-state index contributed by atoms with van der Waals surface area (Å²) in [5.74, 6) is -0.165. The molecule has 2 heteroatoms. The highest BCUT2D eigenvalue weighted by molar-refractivity contribution is 5.93. The molecule has 0 aliphatic rings. The minimum absolute atomic E-state index is 0.165. The van der Waals surface area contributed by atoms with Crippen molar-refractivity contribution in [3.8, 4) is 11.3 Å². The van der Waals surface area contributed by atoms with Crippen LogP contribution in [0.2, 0.25) is 0 Å². The first kappa shape index (κ1) is 12.7. The van der Waals surface area contributed by atoms with E-state index in [0.29, 0.717) is 5.56 Å². The zero-order valence-electron chi connectivity index (χ0n) is 11.7. The number of benzene rings is 2. The van der Waals surface area contributed by atoms with Gasteiger partial charge in [-0.25, -0.2) is 4.39 Å². The Morgan fingerprint density at radius 2 is 1.75 bits per heavy atom. The third-order valence-corrected chi connectivity index (χ3v) is 3.70. The summed E-state index contributed by atoms with van der Waals surface area (Å²) in [7, 11) is 4.06. The number of halogens is 1. The van der Waals surface area contributed by atoms with E-state index in [2.05, 4.69) is 19.2 Å². The Bertz CT molecular complexity index is 806. The number of aromatic nitrogens is 1. The predicted molar refractivity (Wildman–Crippen MR) is 79.8 cm³/mol. The van der Waals surface area contributed by atoms with Crippen molar-refractivity contribution < 1.29 is 8.96 Å². The summed E-state index contributed by atoms with van der Waals surface area (Å²) in [4.78, 5) is 0. The van der Waals surface area contributed by atoms with Gasteiger partial charge in [0, 0.05) is 7.05 Å². The molecule has 0 saturated carbocycles. The lowest BCUT2D eigenvalue weighted by atomic mass is 9.97. The molecule has 3 aromatic rings. The molecule has 0 fully saturated rings. The average molecular weight is 265 g/mol. The molecule has 0 aliphatic heterocycles. The highest BCUT2D eigenvalue weighted by Gasteiger charge is 2.12. The fourth-order valence-electron chi connectivity index (χ4n) is 2.59. The van der Waals surface area contributed by atoms with Gasteiger partial charge in [-0.3, -0.25) is 0 Å². The van der Waals surface area contributed by atoms with Gasteiger partial charge in [-0.05, 0) is 53.4 Å². The largest absolute Gasteiger partial charge is 0.332 e. The highest BCUT2D eigenvalue weighted by Crippen LogP contribution is 2.29. The molecule has 100 valence electrons. The van der Waals surface area contributed by atoms with Gasteiger partial charge in [0.05, 0.1) is 6.20 Å². The van der Waals surface area contributed by atoms with Gasteiger partial charge < -0.3 is 4.57 Å². The number of hydrogen-bond acceptors (Lipinski definition) is 0. The Morgan fingerprint density at radius 1 is 1.00 bits per heavy atom. The summed E-state index contributed by atoms with van der Waals surface area (Å²) < 4.78 is 15.5. The minimum Gasteiger partial charge on any atom is -0.332 e. The lowest BCUT2D eigenvalue weighted by Gasteiger charge is -2.15. The van der Waals surface area contributed by atoms with Crippen molar-refractivity contribution in [2.45, 2.75) is 13.8 Å². The fourth-order valence-corrected chi connectivity index (χ4v) is 2.59. The molecular formula is C18H16FN. The van der Waals surface area contributed by atoms with Crippen LogP contribution in [-0.2, 0) is 0 Å². The first-order valence-corrected chi connectivity index (χ1v) is 6.59. The van der Waals surface area contributed by atoms with Gasteiger partial charge in [-0.1, -0.05) is 30.3 Å². The first-order valence-electron chi connectivity index (χ1n) is 6.59. The molecule has 20 heavy (non-hydrogen) atoms. The van der Waals surface area contributed by atoms with Crippen LogP contribution in [0.15, 0.2) is 48.7 Å². The Labute approximate surface area is 118 Å². The van der Waals surface area contributed by atoms with E-state index in [0.717, 1.165) is 27.6 Å². The summed E-state index contributed by atoms with van der Waals surface area (Å²) in [6.07, 6.45) is 1.94. The molecule has 0 amide bonds. The highest BCUT2D eigenvalue weighted by atomic mass is 19.1. The first-order chi connectivity index (χ1) is 9.58. The van der Waals surface area contributed by atoms with Crippen LogP contribution in [0.25, 0.3) is 22.0 Å². The molecule has 0 atom stereocenters. The molecule has 3 rings (SSSR count). The second-order valence-corrected chi connectivity index (χ2v) is 5.14. The second kappa shape index (κ2) is 4.64. The molecule has 2 aromatic carbocycles. The zero-order chi connectivity index (χ0) is 14.3. The minimum atomic E-state index is -0.165. The fraction of sp³-hybridized carbons (Fsp3) is 0.111. The molecule has 0 N–H and O–H groups in total. The lowest BCUT2D eigenvalue weighted by molar-refractivity contribution is -0.599. The van der Waals surface area contributed by atoms with Crippen LogP contribution in [0.5, 0.6) is 0 Å². The standard InChI is InChI=1S/C18H16FN/c1-12-11-17(19)13(2)10-16(12)18-15-7-5-4-6-14(15)8-9-20(18)3/h4-11H,3H2,1-2H3. The number of nitrogens with zero attached hydrogens (tertiary/aromatic N) is 1. The molecule has 0 bridgehead atoms. The van der Waals surface area contributed by atoms with E-state index in [-0.39, 0.29) is 5.82 Å². The molecule has 0 saturated heterocycles. The number of aryl methyl sites for hydroxylation is 2. The Balaban J connectivity index is 2.40. The normalized spacial score (nSPS) is 10.9. The van der Waals surface area contributed by atoms with E-state index in [9.17, 15) is 4.39 Å². The third kappa shape index (κ3) is 1.94. The summed E-state index contributed by atoms with van der Waals surface area (Å²) >= 11 is 0. The summed E-state index contributed by atoms with van der Waals surface area (Å²) in [5.41, 5.74) is 3.61. The lowest BCUT2D eigenvalue weighted by Crippen LogP contribution is -2.28. The molecule has 1 aromatic heterocycles. The van der Waals surface area contributed by atoms with E-state index in [1.165, 1.54) is 0 Å². The number of fused-ring (bicyclic) bond motifs is 1. The maximum absolute atomic E-state index is 13.7. The van der Waals surface area contributed by atoms with Crippen molar-refractivity contribution in [3.05, 3.63) is 72.7 Å². The van der Waals surface area contributed by atoms with Gasteiger partial charge in [-0.2, -0.15) is 0 Å². The third-order valence-electron chi connectivity index (χ3n) is 3.70. The van der Waals surface area contributed by atoms with Gasteiger partial charge in [0.2, 0.25) is 0 Å². The monoisotopic (exact) mass is 265 g/mol. The van der Waals surface area contributed by atoms with E-state index >= 15 is 0 Å². The Morgan fingerprint density at radius 3 is 2.55 bits per heavy atom. The quantitative estimate of drug-likeness (QED) is 0.459. The van der Waals surface area contributed by atoms with Gasteiger partial charge in [0.25, 0.3) is 0 Å². The van der Waals surface area contributed by atoms with Crippen molar-refractivity contribution in [1.29, 1.82) is 0 Å². The van der Waals surface area contributed by atoms with Crippen LogP contribution < -0.4 is 4.57 Å². The van der Waals surface area contributed by atoms with Crippen LogP contribution in [0, 0.1) is 26.7 Å². The van der Waals surface area contributed by atoms with E-state index < -0.39 is 0 Å². The van der Waals surface area contributed by atoms with Crippen molar-refractivity contribution in [2.75, 3.05) is 0 Å². The van der Waals surface area contributed by atoms with E-state index in [4.69, 9.17) is 0 Å². The van der Waals surface area contributed by atoms with E-state index in [1.807, 2.05) is 42.0 Å². The Hall–Kier alpha value is -2.35. The SMILES string of the molecule is [CH2-][n+]1ccc2ccccc2c1-c1cc(C)c(F)cc1C. The maximum Gasteiger partial charge on any atom is 0.126 e. The Kier molecular flexibility index (Phi) is 2.94. The molecule has 0 radical (unpaired) electrons. The number of pyridine rings is 1. The smallest absolute Gasteiger partial charge is 0.126 e. The molecule has 1 heterocycles. The van der Waals surface area contributed by atoms with Crippen LogP contribution in [0.3, 0.4) is 0 Å². The molecule has 0 spiro atoms. The summed E-state index contributed by atoms with van der Waals surface area (Å²) in [6.45, 7) is 3.72. The predicted octanol–water partition coefficient (Wildman–Crippen LogP) is 4.19. The van der Waals surface area contributed by atoms with Crippen molar-refractivity contribution in [1.82, 2.24) is 0 Å². The summed E-state index contributed by atoms with van der Waals surface area (Å²) in [5, 5.41) is 2.28. The molecule has 0 unspecified atom stereocenters. The van der Waals surface area contributed by atoms with Crippen molar-refractivity contribution in [3.63, 3.8) is 0 Å². The molecule has 1 nitrogen and oxygen atoms in total. The van der Waals surface area contributed by atoms with Crippen LogP contribution in [-0.4, -0.2) is 0 Å². The van der Waals surface area contributed by atoms with Crippen molar-refractivity contribution >= 4 is 10.8 Å². The van der Waals surface area contributed by atoms with Crippen LogP contribution in [0.4, 0.5) is 4.39 Å². The summed E-state index contributed by atoms with van der Waals surface area (Å²) in [6, 6.07) is 13.7. The van der Waals surface area contributed by atoms with Gasteiger partial charge in [0.15, 0.2) is 0 Å². The number of rotatable bonds is 1. The second-order valence-electron chi connectivity index (χ2n) is 5.14. The topological polar surface area (TPSA) is 3.88 Å². The van der Waals surface area contributed by atoms with Gasteiger partial charge in [0.1, 0.15) is 11.5 Å². The number of hydrogen-bond donors (Lipinski definition) is 0. The van der Waals surface area contributed by atoms with Crippen LogP contribution in [0.1, 0.15) is 11.1 Å². The van der Waals surface area contributed by atoms with Gasteiger partial charge >= 0.3 is 0 Å². The molecular weight excluding hydrogens is 249 g/mol. The average Bonchev–Trinajstić information content (AvgIpc) is 2.43.